The first-order valence-corrected chi connectivity index (χ1v) is 7.07. The summed E-state index contributed by atoms with van der Waals surface area (Å²) in [7, 11) is 0. The Morgan fingerprint density at radius 1 is 1.25 bits per heavy atom. The fourth-order valence-corrected chi connectivity index (χ4v) is 2.58. The number of aryl methyl sites for hydroxylation is 1. The summed E-state index contributed by atoms with van der Waals surface area (Å²) in [5.74, 6) is -0.0799. The highest BCUT2D eigenvalue weighted by Gasteiger charge is 2.08. The number of carbonyl (C=O) groups is 1. The van der Waals surface area contributed by atoms with Crippen LogP contribution in [-0.4, -0.2) is 15.9 Å². The quantitative estimate of drug-likeness (QED) is 0.770. The molecule has 4 nitrogen and oxygen atoms in total. The van der Waals surface area contributed by atoms with E-state index in [1.54, 1.807) is 12.4 Å². The number of hydrogen-bond donors (Lipinski definition) is 2. The average Bonchev–Trinajstić information content (AvgIpc) is 3.11. The molecule has 100 valence electrons. The van der Waals surface area contributed by atoms with Gasteiger partial charge in [0.2, 0.25) is 0 Å². The molecule has 0 aliphatic carbocycles. The van der Waals surface area contributed by atoms with Gasteiger partial charge in [-0.05, 0) is 30.5 Å². The Morgan fingerprint density at radius 2 is 2.05 bits per heavy atom. The molecule has 0 radical (unpaired) electrons. The van der Waals surface area contributed by atoms with Gasteiger partial charge in [-0.1, -0.05) is 18.2 Å². The van der Waals surface area contributed by atoms with E-state index in [1.165, 1.54) is 11.3 Å². The molecule has 0 aliphatic heterocycles. The number of anilines is 1. The summed E-state index contributed by atoms with van der Waals surface area (Å²) in [6.45, 7) is 1.98. The Balaban J connectivity index is 1.77. The second kappa shape index (κ2) is 5.30. The van der Waals surface area contributed by atoms with Crippen molar-refractivity contribution in [3.63, 3.8) is 0 Å². The number of rotatable bonds is 3. The number of nitrogens with one attached hydrogen (secondary N) is 2. The van der Waals surface area contributed by atoms with E-state index in [1.807, 2.05) is 42.6 Å². The van der Waals surface area contributed by atoms with E-state index in [2.05, 4.69) is 15.3 Å². The molecule has 1 amide bonds. The number of thiophene rings is 1. The molecule has 0 unspecified atom stereocenters. The lowest BCUT2D eigenvalue weighted by Crippen LogP contribution is -2.09. The van der Waals surface area contributed by atoms with Gasteiger partial charge >= 0.3 is 0 Å². The second-order valence-electron chi connectivity index (χ2n) is 4.38. The maximum Gasteiger partial charge on any atom is 0.265 e. The SMILES string of the molecule is Cc1[nH]cnc1-c1ccc(NC(=O)c2cccs2)cc1. The first-order valence-electron chi connectivity index (χ1n) is 6.19. The number of carbonyl (C=O) groups excluding carboxylic acids is 1. The molecular formula is C15H13N3OS. The number of hydrogen-bond acceptors (Lipinski definition) is 3. The zero-order chi connectivity index (χ0) is 13.9. The number of imidazole rings is 1. The highest BCUT2D eigenvalue weighted by atomic mass is 32.1. The molecule has 20 heavy (non-hydrogen) atoms. The minimum Gasteiger partial charge on any atom is -0.348 e. The third kappa shape index (κ3) is 2.48. The van der Waals surface area contributed by atoms with Gasteiger partial charge in [-0.15, -0.1) is 11.3 Å². The van der Waals surface area contributed by atoms with Gasteiger partial charge in [0.1, 0.15) is 0 Å². The Labute approximate surface area is 120 Å². The van der Waals surface area contributed by atoms with Crippen LogP contribution in [0.3, 0.4) is 0 Å². The van der Waals surface area contributed by atoms with Crippen molar-refractivity contribution in [2.45, 2.75) is 6.92 Å². The zero-order valence-corrected chi connectivity index (χ0v) is 11.7. The summed E-state index contributed by atoms with van der Waals surface area (Å²) in [5.41, 5.74) is 3.76. The molecule has 0 aliphatic rings. The van der Waals surface area contributed by atoms with Crippen LogP contribution in [0.5, 0.6) is 0 Å². The smallest absolute Gasteiger partial charge is 0.265 e. The maximum absolute atomic E-state index is 11.9. The lowest BCUT2D eigenvalue weighted by Gasteiger charge is -2.05. The Morgan fingerprint density at radius 3 is 2.65 bits per heavy atom. The normalized spacial score (nSPS) is 10.4. The van der Waals surface area contributed by atoms with Crippen LogP contribution in [-0.2, 0) is 0 Å². The van der Waals surface area contributed by atoms with Gasteiger partial charge in [0.25, 0.3) is 5.91 Å². The molecule has 2 aromatic heterocycles. The molecule has 0 bridgehead atoms. The van der Waals surface area contributed by atoms with Gasteiger partial charge in [0.15, 0.2) is 0 Å². The molecule has 0 saturated heterocycles. The molecule has 0 fully saturated rings. The van der Waals surface area contributed by atoms with Crippen LogP contribution in [0.4, 0.5) is 5.69 Å². The lowest BCUT2D eigenvalue weighted by molar-refractivity contribution is 0.103. The van der Waals surface area contributed by atoms with Crippen molar-refractivity contribution in [2.24, 2.45) is 0 Å². The number of aromatic nitrogens is 2. The van der Waals surface area contributed by atoms with Gasteiger partial charge < -0.3 is 10.3 Å². The number of nitrogens with zero attached hydrogens (tertiary/aromatic N) is 1. The van der Waals surface area contributed by atoms with Gasteiger partial charge in [-0.25, -0.2) is 4.98 Å². The van der Waals surface area contributed by atoms with Crippen molar-refractivity contribution in [3.8, 4) is 11.3 Å². The van der Waals surface area contributed by atoms with Crippen molar-refractivity contribution < 1.29 is 4.79 Å². The van der Waals surface area contributed by atoms with Gasteiger partial charge in [-0.3, -0.25) is 4.79 Å². The molecular weight excluding hydrogens is 270 g/mol. The minimum atomic E-state index is -0.0799. The Hall–Kier alpha value is -2.40. The van der Waals surface area contributed by atoms with Crippen molar-refractivity contribution in [3.05, 3.63) is 58.7 Å². The van der Waals surface area contributed by atoms with E-state index in [9.17, 15) is 4.79 Å². The number of benzene rings is 1. The van der Waals surface area contributed by atoms with Gasteiger partial charge in [-0.2, -0.15) is 0 Å². The van der Waals surface area contributed by atoms with Crippen molar-refractivity contribution in [1.29, 1.82) is 0 Å². The molecule has 0 saturated carbocycles. The molecule has 0 atom stereocenters. The fraction of sp³-hybridized carbons (Fsp3) is 0.0667. The summed E-state index contributed by atoms with van der Waals surface area (Å²) in [6, 6.07) is 11.3. The molecule has 3 aromatic rings. The number of aromatic amines is 1. The van der Waals surface area contributed by atoms with Crippen LogP contribution < -0.4 is 5.32 Å². The summed E-state index contributed by atoms with van der Waals surface area (Å²) in [4.78, 5) is 20.0. The molecule has 1 aromatic carbocycles. The standard InChI is InChI=1S/C15H13N3OS/c1-10-14(17-9-16-10)11-4-6-12(7-5-11)18-15(19)13-3-2-8-20-13/h2-9H,1H3,(H,16,17)(H,18,19). The lowest BCUT2D eigenvalue weighted by atomic mass is 10.1. The third-order valence-corrected chi connectivity index (χ3v) is 3.86. The molecule has 3 rings (SSSR count). The van der Waals surface area contributed by atoms with E-state index in [-0.39, 0.29) is 5.91 Å². The van der Waals surface area contributed by atoms with Gasteiger partial charge in [0, 0.05) is 16.9 Å². The van der Waals surface area contributed by atoms with Crippen LogP contribution in [0.1, 0.15) is 15.4 Å². The summed E-state index contributed by atoms with van der Waals surface area (Å²) >= 11 is 1.43. The Bertz CT molecular complexity index is 714. The van der Waals surface area contributed by atoms with Crippen molar-refractivity contribution in [2.75, 3.05) is 5.32 Å². The topological polar surface area (TPSA) is 57.8 Å². The van der Waals surface area contributed by atoms with E-state index >= 15 is 0 Å². The van der Waals surface area contributed by atoms with E-state index < -0.39 is 0 Å². The monoisotopic (exact) mass is 283 g/mol. The van der Waals surface area contributed by atoms with Crippen LogP contribution in [0.25, 0.3) is 11.3 Å². The molecule has 0 spiro atoms. The molecule has 2 heterocycles. The highest BCUT2D eigenvalue weighted by molar-refractivity contribution is 7.12. The largest absolute Gasteiger partial charge is 0.348 e. The van der Waals surface area contributed by atoms with Crippen LogP contribution in [0.2, 0.25) is 0 Å². The van der Waals surface area contributed by atoms with E-state index in [4.69, 9.17) is 0 Å². The summed E-state index contributed by atoms with van der Waals surface area (Å²) < 4.78 is 0. The fourth-order valence-electron chi connectivity index (χ4n) is 1.96. The second-order valence-corrected chi connectivity index (χ2v) is 5.33. The predicted molar refractivity (Wildman–Crippen MR) is 81.0 cm³/mol. The van der Waals surface area contributed by atoms with Crippen molar-refractivity contribution >= 4 is 22.9 Å². The zero-order valence-electron chi connectivity index (χ0n) is 10.9. The van der Waals surface area contributed by atoms with Crippen LogP contribution in [0, 0.1) is 6.92 Å². The van der Waals surface area contributed by atoms with Crippen molar-refractivity contribution in [1.82, 2.24) is 9.97 Å². The number of amides is 1. The Kier molecular flexibility index (Phi) is 3.35. The van der Waals surface area contributed by atoms with Crippen LogP contribution in [0.15, 0.2) is 48.1 Å². The maximum atomic E-state index is 11.9. The predicted octanol–water partition coefficient (Wildman–Crippen LogP) is 3.70. The van der Waals surface area contributed by atoms with E-state index in [0.29, 0.717) is 4.88 Å². The summed E-state index contributed by atoms with van der Waals surface area (Å²) in [5, 5.41) is 4.76. The molecule has 5 heteroatoms. The first kappa shape index (κ1) is 12.6. The molecule has 2 N–H and O–H groups in total. The minimum absolute atomic E-state index is 0.0799. The number of H-pyrrole nitrogens is 1. The van der Waals surface area contributed by atoms with E-state index in [0.717, 1.165) is 22.6 Å². The first-order chi connectivity index (χ1) is 9.74. The third-order valence-electron chi connectivity index (χ3n) is 2.99. The average molecular weight is 283 g/mol. The van der Waals surface area contributed by atoms with Crippen LogP contribution >= 0.6 is 11.3 Å². The van der Waals surface area contributed by atoms with Gasteiger partial charge in [0.05, 0.1) is 16.9 Å². The summed E-state index contributed by atoms with van der Waals surface area (Å²) in [6.07, 6.45) is 1.68. The highest BCUT2D eigenvalue weighted by Crippen LogP contribution is 2.22.